The molecule has 0 bridgehead atoms. The van der Waals surface area contributed by atoms with Crippen molar-refractivity contribution in [2.45, 2.75) is 32.7 Å². The molecule has 0 saturated carbocycles. The molecule has 5 rings (SSSR count). The van der Waals surface area contributed by atoms with Gasteiger partial charge < -0.3 is 24.5 Å². The van der Waals surface area contributed by atoms with E-state index < -0.39 is 0 Å². The lowest BCUT2D eigenvalue weighted by atomic mass is 9.93. The van der Waals surface area contributed by atoms with E-state index in [0.717, 1.165) is 61.5 Å². The number of fused-ring (bicyclic) bond motifs is 1. The second kappa shape index (κ2) is 12.1. The van der Waals surface area contributed by atoms with Crippen LogP contribution in [-0.4, -0.2) is 58.9 Å². The van der Waals surface area contributed by atoms with Crippen LogP contribution in [0, 0.1) is 5.92 Å². The van der Waals surface area contributed by atoms with Crippen molar-refractivity contribution in [3.63, 3.8) is 0 Å². The zero-order valence-corrected chi connectivity index (χ0v) is 21.9. The van der Waals surface area contributed by atoms with Crippen molar-refractivity contribution in [2.75, 3.05) is 38.0 Å². The second-order valence-corrected chi connectivity index (χ2v) is 10.0. The van der Waals surface area contributed by atoms with Gasteiger partial charge in [-0.1, -0.05) is 24.3 Å². The number of hydrogen-bond acceptors (Lipinski definition) is 6. The van der Waals surface area contributed by atoms with E-state index in [1.165, 1.54) is 6.92 Å². The highest BCUT2D eigenvalue weighted by Crippen LogP contribution is 2.25. The van der Waals surface area contributed by atoms with E-state index in [1.807, 2.05) is 36.4 Å². The van der Waals surface area contributed by atoms with E-state index in [2.05, 4.69) is 38.3 Å². The molecule has 0 spiro atoms. The minimum Gasteiger partial charge on any atom is -0.467 e. The molecule has 2 aromatic carbocycles. The number of carbonyl (C=O) groups excluding carboxylic acids is 2. The van der Waals surface area contributed by atoms with E-state index in [1.54, 1.807) is 12.3 Å². The number of likely N-dealkylation sites (tertiary alicyclic amines) is 1. The first-order chi connectivity index (χ1) is 18.6. The number of amides is 1. The fraction of sp³-hybridized carbons (Fsp3) is 0.367. The number of Topliss-reactive ketones (excluding diaryl/α,β-unsaturated/α-hetero) is 1. The van der Waals surface area contributed by atoms with E-state index in [9.17, 15) is 9.59 Å². The van der Waals surface area contributed by atoms with Gasteiger partial charge in [0.1, 0.15) is 17.4 Å². The SMILES string of the molecule is CC(=O)CNc1ccccc1C(=O)NCCN1CCC(Cc2nc3ccccc3n2Cc2ccco2)CC1. The smallest absolute Gasteiger partial charge is 0.253 e. The first-order valence-corrected chi connectivity index (χ1v) is 13.4. The average Bonchev–Trinajstić information content (AvgIpc) is 3.57. The van der Waals surface area contributed by atoms with Crippen LogP contribution in [0.15, 0.2) is 71.3 Å². The summed E-state index contributed by atoms with van der Waals surface area (Å²) >= 11 is 0. The number of nitrogens with zero attached hydrogens (tertiary/aromatic N) is 3. The highest BCUT2D eigenvalue weighted by molar-refractivity contribution is 6.00. The Morgan fingerprint density at radius 3 is 2.61 bits per heavy atom. The molecule has 8 heteroatoms. The Balaban J connectivity index is 1.12. The predicted octanol–water partition coefficient (Wildman–Crippen LogP) is 4.36. The van der Waals surface area contributed by atoms with Gasteiger partial charge in [-0.15, -0.1) is 0 Å². The van der Waals surface area contributed by atoms with Crippen LogP contribution in [0.5, 0.6) is 0 Å². The molecule has 2 aromatic heterocycles. The highest BCUT2D eigenvalue weighted by atomic mass is 16.3. The van der Waals surface area contributed by atoms with Gasteiger partial charge in [-0.3, -0.25) is 9.59 Å². The normalized spacial score (nSPS) is 14.6. The quantitative estimate of drug-likeness (QED) is 0.310. The molecule has 1 fully saturated rings. The number of imidazole rings is 1. The molecule has 1 aliphatic rings. The number of aromatic nitrogens is 2. The van der Waals surface area contributed by atoms with Crippen LogP contribution in [0.1, 0.15) is 41.7 Å². The maximum absolute atomic E-state index is 12.8. The third-order valence-corrected chi connectivity index (χ3v) is 7.22. The number of hydrogen-bond donors (Lipinski definition) is 2. The number of anilines is 1. The fourth-order valence-electron chi connectivity index (χ4n) is 5.17. The van der Waals surface area contributed by atoms with Crippen LogP contribution in [0.2, 0.25) is 0 Å². The molecule has 1 saturated heterocycles. The van der Waals surface area contributed by atoms with Crippen molar-refractivity contribution in [1.29, 1.82) is 0 Å². The molecule has 0 atom stereocenters. The van der Waals surface area contributed by atoms with Gasteiger partial charge in [0.25, 0.3) is 5.91 Å². The largest absolute Gasteiger partial charge is 0.467 e. The molecule has 1 amide bonds. The van der Waals surface area contributed by atoms with Gasteiger partial charge in [0.05, 0.1) is 35.9 Å². The monoisotopic (exact) mass is 513 g/mol. The van der Waals surface area contributed by atoms with Gasteiger partial charge in [0.15, 0.2) is 0 Å². The molecule has 38 heavy (non-hydrogen) atoms. The number of benzene rings is 2. The maximum atomic E-state index is 12.8. The van der Waals surface area contributed by atoms with Crippen molar-refractivity contribution in [3.8, 4) is 0 Å². The molecule has 1 aliphatic heterocycles. The highest BCUT2D eigenvalue weighted by Gasteiger charge is 2.22. The molecule has 8 nitrogen and oxygen atoms in total. The standard InChI is InChI=1S/C30H35N5O3/c1-22(36)20-32-26-9-3-2-8-25(26)30(37)31-14-17-34-15-12-23(13-16-34)19-29-33-27-10-4-5-11-28(27)35(29)21-24-7-6-18-38-24/h2-11,18,23,32H,12-17,19-21H2,1H3,(H,31,37). The number of carbonyl (C=O) groups is 2. The Morgan fingerprint density at radius 1 is 1.03 bits per heavy atom. The van der Waals surface area contributed by atoms with Gasteiger partial charge in [-0.05, 0) is 75.2 Å². The van der Waals surface area contributed by atoms with Crippen molar-refractivity contribution in [2.24, 2.45) is 5.92 Å². The summed E-state index contributed by atoms with van der Waals surface area (Å²) in [6.45, 7) is 5.84. The first kappa shape index (κ1) is 25.7. The summed E-state index contributed by atoms with van der Waals surface area (Å²) in [4.78, 5) is 31.5. The summed E-state index contributed by atoms with van der Waals surface area (Å²) in [6.07, 6.45) is 4.88. The van der Waals surface area contributed by atoms with Crippen LogP contribution < -0.4 is 10.6 Å². The Kier molecular flexibility index (Phi) is 8.19. The van der Waals surface area contributed by atoms with Crippen LogP contribution in [0.4, 0.5) is 5.69 Å². The van der Waals surface area contributed by atoms with E-state index in [4.69, 9.17) is 9.40 Å². The van der Waals surface area contributed by atoms with Gasteiger partial charge in [-0.2, -0.15) is 0 Å². The van der Waals surface area contributed by atoms with E-state index >= 15 is 0 Å². The van der Waals surface area contributed by atoms with E-state index in [0.29, 0.717) is 30.3 Å². The average molecular weight is 514 g/mol. The summed E-state index contributed by atoms with van der Waals surface area (Å²) in [6, 6.07) is 19.5. The zero-order chi connectivity index (χ0) is 26.3. The number of para-hydroxylation sites is 3. The van der Waals surface area contributed by atoms with Gasteiger partial charge in [0.2, 0.25) is 0 Å². The Hall–Kier alpha value is -3.91. The van der Waals surface area contributed by atoms with Gasteiger partial charge in [-0.25, -0.2) is 4.98 Å². The Bertz CT molecular complexity index is 1370. The molecular weight excluding hydrogens is 478 g/mol. The van der Waals surface area contributed by atoms with Crippen LogP contribution in [-0.2, 0) is 17.8 Å². The number of piperidine rings is 1. The maximum Gasteiger partial charge on any atom is 0.253 e. The first-order valence-electron chi connectivity index (χ1n) is 13.4. The third-order valence-electron chi connectivity index (χ3n) is 7.22. The van der Waals surface area contributed by atoms with Crippen molar-refractivity contribution < 1.29 is 14.0 Å². The summed E-state index contributed by atoms with van der Waals surface area (Å²) in [5.74, 6) is 2.53. The minimum absolute atomic E-state index is 0.0263. The number of rotatable bonds is 11. The van der Waals surface area contributed by atoms with Crippen LogP contribution in [0.3, 0.4) is 0 Å². The van der Waals surface area contributed by atoms with Gasteiger partial charge in [0, 0.05) is 25.2 Å². The Labute approximate surface area is 223 Å². The van der Waals surface area contributed by atoms with Crippen molar-refractivity contribution in [1.82, 2.24) is 19.8 Å². The topological polar surface area (TPSA) is 92.4 Å². The summed E-state index contributed by atoms with van der Waals surface area (Å²) in [5, 5.41) is 6.09. The summed E-state index contributed by atoms with van der Waals surface area (Å²) < 4.78 is 7.91. The molecule has 0 aliphatic carbocycles. The molecule has 198 valence electrons. The molecular formula is C30H35N5O3. The number of furan rings is 1. The number of ketones is 1. The lowest BCUT2D eigenvalue weighted by Gasteiger charge is -2.32. The zero-order valence-electron chi connectivity index (χ0n) is 21.9. The molecule has 4 aromatic rings. The van der Waals surface area contributed by atoms with Crippen molar-refractivity contribution >= 4 is 28.4 Å². The minimum atomic E-state index is -0.123. The summed E-state index contributed by atoms with van der Waals surface area (Å²) in [7, 11) is 0. The molecule has 2 N–H and O–H groups in total. The van der Waals surface area contributed by atoms with Gasteiger partial charge >= 0.3 is 0 Å². The summed E-state index contributed by atoms with van der Waals surface area (Å²) in [5.41, 5.74) is 3.41. The van der Waals surface area contributed by atoms with E-state index in [-0.39, 0.29) is 18.2 Å². The predicted molar refractivity (Wildman–Crippen MR) is 148 cm³/mol. The molecule has 3 heterocycles. The van der Waals surface area contributed by atoms with Crippen LogP contribution >= 0.6 is 0 Å². The van der Waals surface area contributed by atoms with Crippen LogP contribution in [0.25, 0.3) is 11.0 Å². The third kappa shape index (κ3) is 6.31. The molecule has 0 radical (unpaired) electrons. The second-order valence-electron chi connectivity index (χ2n) is 10.0. The lowest BCUT2D eigenvalue weighted by Crippen LogP contribution is -2.40. The lowest BCUT2D eigenvalue weighted by molar-refractivity contribution is -0.115. The Morgan fingerprint density at radius 2 is 1.82 bits per heavy atom. The number of nitrogens with one attached hydrogen (secondary N) is 2. The van der Waals surface area contributed by atoms with Crippen molar-refractivity contribution in [3.05, 3.63) is 84.1 Å². The molecule has 0 unspecified atom stereocenters. The fourth-order valence-corrected chi connectivity index (χ4v) is 5.17.